The van der Waals surface area contributed by atoms with Gasteiger partial charge in [0, 0.05) is 18.7 Å². The average molecular weight is 311 g/mol. The lowest BCUT2D eigenvalue weighted by atomic mass is 10.0. The van der Waals surface area contributed by atoms with Crippen LogP contribution in [0.2, 0.25) is 0 Å². The van der Waals surface area contributed by atoms with E-state index >= 15 is 0 Å². The van der Waals surface area contributed by atoms with Crippen molar-refractivity contribution >= 4 is 17.5 Å². The van der Waals surface area contributed by atoms with E-state index < -0.39 is 23.8 Å². The Morgan fingerprint density at radius 3 is 2.50 bits per heavy atom. The Bertz CT molecular complexity index is 607. The predicted molar refractivity (Wildman–Crippen MR) is 75.0 cm³/mol. The van der Waals surface area contributed by atoms with Gasteiger partial charge in [0.2, 0.25) is 0 Å². The molecule has 1 fully saturated rings. The zero-order chi connectivity index (χ0) is 15.7. The third-order valence-corrected chi connectivity index (χ3v) is 3.58. The van der Waals surface area contributed by atoms with Crippen LogP contribution in [0.15, 0.2) is 17.2 Å². The summed E-state index contributed by atoms with van der Waals surface area (Å²) >= 11 is 0. The van der Waals surface area contributed by atoms with Gasteiger partial charge in [-0.2, -0.15) is 5.10 Å². The SMILES string of the molecule is C[C@@H]1OC(=O)NN=C1c1cc(F)c(N2CCOCC2)c(F)c1. The molecule has 3 rings (SSSR count). The van der Waals surface area contributed by atoms with Crippen LogP contribution in [-0.4, -0.2) is 44.2 Å². The van der Waals surface area contributed by atoms with Gasteiger partial charge >= 0.3 is 6.09 Å². The molecule has 2 heterocycles. The van der Waals surface area contributed by atoms with Crippen molar-refractivity contribution in [2.24, 2.45) is 5.10 Å². The van der Waals surface area contributed by atoms with Gasteiger partial charge in [0.25, 0.3) is 0 Å². The van der Waals surface area contributed by atoms with E-state index in [9.17, 15) is 13.6 Å². The number of ether oxygens (including phenoxy) is 2. The maximum Gasteiger partial charge on any atom is 0.428 e. The third-order valence-electron chi connectivity index (χ3n) is 3.58. The Labute approximate surface area is 125 Å². The molecule has 0 unspecified atom stereocenters. The van der Waals surface area contributed by atoms with Crippen LogP contribution in [0.1, 0.15) is 12.5 Å². The summed E-state index contributed by atoms with van der Waals surface area (Å²) < 4.78 is 38.8. The number of nitrogens with zero attached hydrogens (tertiary/aromatic N) is 2. The van der Waals surface area contributed by atoms with Gasteiger partial charge in [-0.25, -0.2) is 19.0 Å². The van der Waals surface area contributed by atoms with Crippen molar-refractivity contribution in [2.45, 2.75) is 13.0 Å². The lowest BCUT2D eigenvalue weighted by Gasteiger charge is -2.29. The van der Waals surface area contributed by atoms with Gasteiger partial charge in [0.15, 0.2) is 0 Å². The zero-order valence-corrected chi connectivity index (χ0v) is 11.9. The molecule has 0 saturated carbocycles. The minimum absolute atomic E-state index is 0.0685. The Hall–Kier alpha value is -2.22. The molecule has 0 bridgehead atoms. The van der Waals surface area contributed by atoms with E-state index in [0.29, 0.717) is 26.3 Å². The first-order valence-corrected chi connectivity index (χ1v) is 6.92. The van der Waals surface area contributed by atoms with Crippen LogP contribution in [0.3, 0.4) is 0 Å². The molecule has 118 valence electrons. The molecule has 8 heteroatoms. The van der Waals surface area contributed by atoms with Gasteiger partial charge in [-0.1, -0.05) is 0 Å². The molecule has 0 aromatic heterocycles. The Morgan fingerprint density at radius 1 is 1.27 bits per heavy atom. The first-order valence-electron chi connectivity index (χ1n) is 6.92. The quantitative estimate of drug-likeness (QED) is 0.902. The summed E-state index contributed by atoms with van der Waals surface area (Å²) in [5, 5.41) is 3.81. The summed E-state index contributed by atoms with van der Waals surface area (Å²) in [7, 11) is 0. The molecular weight excluding hydrogens is 296 g/mol. The van der Waals surface area contributed by atoms with E-state index in [2.05, 4.69) is 10.5 Å². The molecule has 1 N–H and O–H groups in total. The van der Waals surface area contributed by atoms with Crippen molar-refractivity contribution in [3.8, 4) is 0 Å². The number of nitrogens with one attached hydrogen (secondary N) is 1. The number of halogens is 2. The van der Waals surface area contributed by atoms with E-state index in [0.717, 1.165) is 0 Å². The Kier molecular flexibility index (Phi) is 3.93. The summed E-state index contributed by atoms with van der Waals surface area (Å²) in [5.41, 5.74) is 2.57. The lowest BCUT2D eigenvalue weighted by Crippen LogP contribution is -2.38. The number of rotatable bonds is 2. The lowest BCUT2D eigenvalue weighted by molar-refractivity contribution is 0.122. The van der Waals surface area contributed by atoms with Crippen molar-refractivity contribution < 1.29 is 23.0 Å². The second kappa shape index (κ2) is 5.88. The van der Waals surface area contributed by atoms with Crippen LogP contribution in [-0.2, 0) is 9.47 Å². The molecule has 6 nitrogen and oxygen atoms in total. The maximum absolute atomic E-state index is 14.3. The van der Waals surface area contributed by atoms with E-state index in [1.807, 2.05) is 0 Å². The maximum atomic E-state index is 14.3. The molecular formula is C14H15F2N3O3. The number of hydrazone groups is 1. The summed E-state index contributed by atoms with van der Waals surface area (Å²) in [6.07, 6.45) is -1.37. The van der Waals surface area contributed by atoms with Gasteiger partial charge in [0.05, 0.1) is 13.2 Å². The topological polar surface area (TPSA) is 63.2 Å². The largest absolute Gasteiger partial charge is 0.439 e. The fraction of sp³-hybridized carbons (Fsp3) is 0.429. The van der Waals surface area contributed by atoms with Gasteiger partial charge < -0.3 is 14.4 Å². The van der Waals surface area contributed by atoms with E-state index in [4.69, 9.17) is 9.47 Å². The first kappa shape index (κ1) is 14.7. The second-order valence-electron chi connectivity index (χ2n) is 5.04. The van der Waals surface area contributed by atoms with Crippen molar-refractivity contribution in [3.05, 3.63) is 29.3 Å². The Balaban J connectivity index is 1.94. The number of cyclic esters (lactones) is 1. The molecule has 1 amide bonds. The number of morpholine rings is 1. The molecule has 0 radical (unpaired) electrons. The fourth-order valence-electron chi connectivity index (χ4n) is 2.54. The standard InChI is InChI=1S/C14H15F2N3O3/c1-8-12(17-18-14(20)22-8)9-6-10(15)13(11(16)7-9)19-2-4-21-5-3-19/h6-8H,2-5H2,1H3,(H,18,20)/t8-/m0/s1. The summed E-state index contributed by atoms with van der Waals surface area (Å²) in [5.74, 6) is -1.35. The number of benzene rings is 1. The van der Waals surface area contributed by atoms with Crippen LogP contribution < -0.4 is 10.3 Å². The average Bonchev–Trinajstić information content (AvgIpc) is 2.47. The van der Waals surface area contributed by atoms with Crippen LogP contribution in [0.25, 0.3) is 0 Å². The first-order chi connectivity index (χ1) is 10.6. The molecule has 1 saturated heterocycles. The van der Waals surface area contributed by atoms with Crippen molar-refractivity contribution in [2.75, 3.05) is 31.2 Å². The number of carbonyl (C=O) groups excluding carboxylic acids is 1. The van der Waals surface area contributed by atoms with Crippen LogP contribution in [0.4, 0.5) is 19.3 Å². The van der Waals surface area contributed by atoms with Gasteiger partial charge in [-0.05, 0) is 19.1 Å². The van der Waals surface area contributed by atoms with Crippen LogP contribution >= 0.6 is 0 Å². The highest BCUT2D eigenvalue weighted by Gasteiger charge is 2.26. The molecule has 2 aliphatic heterocycles. The van der Waals surface area contributed by atoms with Gasteiger partial charge in [-0.15, -0.1) is 0 Å². The minimum atomic E-state index is -0.692. The summed E-state index contributed by atoms with van der Waals surface area (Å²) in [4.78, 5) is 12.7. The smallest absolute Gasteiger partial charge is 0.428 e. The highest BCUT2D eigenvalue weighted by Crippen LogP contribution is 2.27. The molecule has 1 aromatic rings. The van der Waals surface area contributed by atoms with E-state index in [-0.39, 0.29) is 17.0 Å². The predicted octanol–water partition coefficient (Wildman–Crippen LogP) is 1.63. The number of hydrogen-bond acceptors (Lipinski definition) is 5. The molecule has 1 atom stereocenters. The molecule has 1 aromatic carbocycles. The monoisotopic (exact) mass is 311 g/mol. The summed E-state index contributed by atoms with van der Waals surface area (Å²) in [6, 6.07) is 2.40. The van der Waals surface area contributed by atoms with Crippen molar-refractivity contribution in [1.29, 1.82) is 0 Å². The van der Waals surface area contributed by atoms with Crippen molar-refractivity contribution in [3.63, 3.8) is 0 Å². The molecule has 2 aliphatic rings. The van der Waals surface area contributed by atoms with Crippen molar-refractivity contribution in [1.82, 2.24) is 5.43 Å². The zero-order valence-electron chi connectivity index (χ0n) is 11.9. The highest BCUT2D eigenvalue weighted by atomic mass is 19.1. The molecule has 0 aliphatic carbocycles. The number of hydrogen-bond donors (Lipinski definition) is 1. The van der Waals surface area contributed by atoms with E-state index in [1.165, 1.54) is 12.1 Å². The fourth-order valence-corrected chi connectivity index (χ4v) is 2.54. The molecule has 22 heavy (non-hydrogen) atoms. The van der Waals surface area contributed by atoms with E-state index in [1.54, 1.807) is 11.8 Å². The van der Waals surface area contributed by atoms with Crippen LogP contribution in [0, 0.1) is 11.6 Å². The number of amides is 1. The minimum Gasteiger partial charge on any atom is -0.439 e. The van der Waals surface area contributed by atoms with Gasteiger partial charge in [0.1, 0.15) is 29.1 Å². The highest BCUT2D eigenvalue weighted by molar-refractivity contribution is 6.06. The van der Waals surface area contributed by atoms with Gasteiger partial charge in [-0.3, -0.25) is 0 Å². The third kappa shape index (κ3) is 2.74. The number of carbonyl (C=O) groups is 1. The molecule has 0 spiro atoms. The second-order valence-corrected chi connectivity index (χ2v) is 5.04. The Morgan fingerprint density at radius 2 is 1.91 bits per heavy atom. The normalized spacial score (nSPS) is 22.0. The number of anilines is 1. The summed E-state index contributed by atoms with van der Waals surface area (Å²) in [6.45, 7) is 3.32. The van der Waals surface area contributed by atoms with Crippen LogP contribution in [0.5, 0.6) is 0 Å².